The Hall–Kier alpha value is -0.480. The molecule has 0 atom stereocenters. The van der Waals surface area contributed by atoms with E-state index < -0.39 is 12.1 Å². The Morgan fingerprint density at radius 3 is 2.45 bits per heavy atom. The first kappa shape index (κ1) is 8.62. The number of rotatable bonds is 1. The molecule has 6 heteroatoms. The summed E-state index contributed by atoms with van der Waals surface area (Å²) in [5.41, 5.74) is -0.545. The van der Waals surface area contributed by atoms with Gasteiger partial charge in [-0.3, -0.25) is 0 Å². The molecule has 1 aromatic heterocycles. The van der Waals surface area contributed by atoms with Crippen LogP contribution in [0.4, 0.5) is 8.78 Å². The predicted octanol–water partition coefficient (Wildman–Crippen LogP) is 2.72. The lowest BCUT2D eigenvalue weighted by Crippen LogP contribution is -1.93. The lowest BCUT2D eigenvalue weighted by molar-refractivity contribution is 0.145. The van der Waals surface area contributed by atoms with Gasteiger partial charge in [-0.2, -0.15) is 0 Å². The second kappa shape index (κ2) is 3.28. The molecule has 0 fully saturated rings. The highest BCUT2D eigenvalue weighted by molar-refractivity contribution is 6.32. The van der Waals surface area contributed by atoms with E-state index in [1.807, 2.05) is 0 Å². The van der Waals surface area contributed by atoms with Gasteiger partial charge in [0.05, 0.1) is 6.20 Å². The monoisotopic (exact) mass is 198 g/mol. The van der Waals surface area contributed by atoms with E-state index in [9.17, 15) is 8.78 Å². The third-order valence-corrected chi connectivity index (χ3v) is 1.39. The second-order valence-corrected chi connectivity index (χ2v) is 2.41. The van der Waals surface area contributed by atoms with Crippen LogP contribution in [-0.4, -0.2) is 9.97 Å². The molecule has 0 spiro atoms. The molecule has 0 aliphatic rings. The van der Waals surface area contributed by atoms with Crippen LogP contribution in [0.15, 0.2) is 6.20 Å². The summed E-state index contributed by atoms with van der Waals surface area (Å²) in [6.07, 6.45) is -1.69. The van der Waals surface area contributed by atoms with Crippen molar-refractivity contribution < 1.29 is 8.78 Å². The molecule has 2 nitrogen and oxygen atoms in total. The largest absolute Gasteiger partial charge is 0.283 e. The molecule has 11 heavy (non-hydrogen) atoms. The van der Waals surface area contributed by atoms with Gasteiger partial charge in [0, 0.05) is 0 Å². The highest BCUT2D eigenvalue weighted by atomic mass is 35.5. The highest BCUT2D eigenvalue weighted by Gasteiger charge is 2.14. The predicted molar refractivity (Wildman–Crippen MR) is 37.0 cm³/mol. The average Bonchev–Trinajstić information content (AvgIpc) is 1.85. The van der Waals surface area contributed by atoms with Gasteiger partial charge in [0.2, 0.25) is 0 Å². The molecule has 0 aromatic carbocycles. The van der Waals surface area contributed by atoms with E-state index in [0.717, 1.165) is 6.20 Å². The van der Waals surface area contributed by atoms with Crippen molar-refractivity contribution in [2.75, 3.05) is 0 Å². The van der Waals surface area contributed by atoms with E-state index in [4.69, 9.17) is 23.2 Å². The number of hydrogen-bond acceptors (Lipinski definition) is 2. The molecule has 0 bridgehead atoms. The Bertz CT molecular complexity index is 267. The van der Waals surface area contributed by atoms with Gasteiger partial charge < -0.3 is 0 Å². The van der Waals surface area contributed by atoms with Crippen molar-refractivity contribution in [3.05, 3.63) is 22.2 Å². The van der Waals surface area contributed by atoms with E-state index in [2.05, 4.69) is 9.97 Å². The number of alkyl halides is 2. The first-order chi connectivity index (χ1) is 5.11. The number of aromatic nitrogens is 2. The highest BCUT2D eigenvalue weighted by Crippen LogP contribution is 2.23. The SMILES string of the molecule is FC(F)c1ncc(Cl)nc1Cl. The van der Waals surface area contributed by atoms with Crippen LogP contribution >= 0.6 is 23.2 Å². The summed E-state index contributed by atoms with van der Waals surface area (Å²) in [6, 6.07) is 0. The maximum Gasteiger partial charge on any atom is 0.283 e. The number of halogens is 4. The molecule has 0 saturated heterocycles. The Morgan fingerprint density at radius 2 is 2.00 bits per heavy atom. The van der Waals surface area contributed by atoms with Gasteiger partial charge in [0.25, 0.3) is 6.43 Å². The summed E-state index contributed by atoms with van der Waals surface area (Å²) in [5.74, 6) is 0. The van der Waals surface area contributed by atoms with Crippen LogP contribution in [0.3, 0.4) is 0 Å². The molecule has 0 unspecified atom stereocenters. The Kier molecular flexibility index (Phi) is 2.57. The van der Waals surface area contributed by atoms with Gasteiger partial charge in [-0.05, 0) is 0 Å². The first-order valence-electron chi connectivity index (χ1n) is 2.57. The van der Waals surface area contributed by atoms with Crippen molar-refractivity contribution in [3.63, 3.8) is 0 Å². The number of nitrogens with zero attached hydrogens (tertiary/aromatic N) is 2. The summed E-state index contributed by atoms with van der Waals surface area (Å²) < 4.78 is 23.9. The molecular formula is C5H2Cl2F2N2. The van der Waals surface area contributed by atoms with Gasteiger partial charge in [0.15, 0.2) is 5.15 Å². The maximum absolute atomic E-state index is 11.9. The van der Waals surface area contributed by atoms with Gasteiger partial charge in [-0.1, -0.05) is 23.2 Å². The van der Waals surface area contributed by atoms with Crippen LogP contribution in [-0.2, 0) is 0 Å². The van der Waals surface area contributed by atoms with E-state index >= 15 is 0 Å². The summed E-state index contributed by atoms with van der Waals surface area (Å²) in [6.45, 7) is 0. The topological polar surface area (TPSA) is 25.8 Å². The fourth-order valence-corrected chi connectivity index (χ4v) is 0.901. The van der Waals surface area contributed by atoms with Gasteiger partial charge in [0.1, 0.15) is 10.8 Å². The second-order valence-electron chi connectivity index (χ2n) is 1.67. The zero-order valence-corrected chi connectivity index (χ0v) is 6.57. The Labute approximate surface area is 71.2 Å². The minimum atomic E-state index is -2.72. The molecule has 1 aromatic rings. The van der Waals surface area contributed by atoms with E-state index in [1.165, 1.54) is 0 Å². The van der Waals surface area contributed by atoms with Crippen LogP contribution in [0.2, 0.25) is 10.3 Å². The molecule has 0 saturated carbocycles. The third-order valence-electron chi connectivity index (χ3n) is 0.933. The lowest BCUT2D eigenvalue weighted by Gasteiger charge is -1.99. The van der Waals surface area contributed by atoms with Gasteiger partial charge >= 0.3 is 0 Å². The van der Waals surface area contributed by atoms with Crippen LogP contribution in [0, 0.1) is 0 Å². The minimum absolute atomic E-state index is 0.000556. The molecule has 0 N–H and O–H groups in total. The van der Waals surface area contributed by atoms with Crippen molar-refractivity contribution >= 4 is 23.2 Å². The summed E-state index contributed by atoms with van der Waals surface area (Å²) >= 11 is 10.6. The van der Waals surface area contributed by atoms with Crippen molar-refractivity contribution in [2.45, 2.75) is 6.43 Å². The fraction of sp³-hybridized carbons (Fsp3) is 0.200. The summed E-state index contributed by atoms with van der Waals surface area (Å²) in [4.78, 5) is 6.68. The zero-order chi connectivity index (χ0) is 8.43. The Morgan fingerprint density at radius 1 is 1.36 bits per heavy atom. The summed E-state index contributed by atoms with van der Waals surface area (Å²) in [5, 5.41) is -0.355. The Balaban J connectivity index is 3.09. The maximum atomic E-state index is 11.9. The average molecular weight is 199 g/mol. The number of hydrogen-bond donors (Lipinski definition) is 0. The molecule has 0 aliphatic carbocycles. The van der Waals surface area contributed by atoms with E-state index in [1.54, 1.807) is 0 Å². The van der Waals surface area contributed by atoms with Gasteiger partial charge in [-0.25, -0.2) is 18.7 Å². The first-order valence-corrected chi connectivity index (χ1v) is 3.33. The van der Waals surface area contributed by atoms with Crippen LogP contribution in [0.1, 0.15) is 12.1 Å². The lowest BCUT2D eigenvalue weighted by atomic mass is 10.5. The molecule has 0 radical (unpaired) electrons. The molecular weight excluding hydrogens is 197 g/mol. The van der Waals surface area contributed by atoms with Gasteiger partial charge in [-0.15, -0.1) is 0 Å². The minimum Gasteiger partial charge on any atom is -0.249 e. The van der Waals surface area contributed by atoms with E-state index in [0.29, 0.717) is 0 Å². The zero-order valence-electron chi connectivity index (χ0n) is 5.06. The summed E-state index contributed by atoms with van der Waals surface area (Å²) in [7, 11) is 0. The molecule has 1 heterocycles. The smallest absolute Gasteiger partial charge is 0.249 e. The van der Waals surface area contributed by atoms with Crippen LogP contribution < -0.4 is 0 Å². The van der Waals surface area contributed by atoms with Crippen molar-refractivity contribution in [2.24, 2.45) is 0 Å². The molecule has 1 rings (SSSR count). The van der Waals surface area contributed by atoms with Crippen molar-refractivity contribution in [1.82, 2.24) is 9.97 Å². The standard InChI is InChI=1S/C5H2Cl2F2N2/c6-2-1-10-3(5(8)9)4(7)11-2/h1,5H. The van der Waals surface area contributed by atoms with E-state index in [-0.39, 0.29) is 10.3 Å². The van der Waals surface area contributed by atoms with Crippen molar-refractivity contribution in [1.29, 1.82) is 0 Å². The van der Waals surface area contributed by atoms with Crippen LogP contribution in [0.25, 0.3) is 0 Å². The third kappa shape index (κ3) is 1.97. The normalized spacial score (nSPS) is 10.6. The quantitative estimate of drug-likeness (QED) is 0.694. The molecule has 0 amide bonds. The van der Waals surface area contributed by atoms with Crippen LogP contribution in [0.5, 0.6) is 0 Å². The molecule has 0 aliphatic heterocycles. The fourth-order valence-electron chi connectivity index (χ4n) is 0.502. The molecule has 60 valence electrons. The van der Waals surface area contributed by atoms with Crippen molar-refractivity contribution in [3.8, 4) is 0 Å².